The van der Waals surface area contributed by atoms with Crippen molar-refractivity contribution < 1.29 is 33.6 Å². The third kappa shape index (κ3) is 2.65. The Hall–Kier alpha value is -1.09. The SMILES string of the molecule is CCO[C@@H]1[C@H]2CO[C@@]13[C@@H](O)C[C@@H]1[C@H](OCc4ccccc4F)[C@]3(OC1(C)C)[C@@](C)(O)C2. The van der Waals surface area contributed by atoms with Crippen molar-refractivity contribution in [2.45, 2.75) is 87.9 Å². The molecule has 2 N–H and O–H groups in total. The number of hydrogen-bond acceptors (Lipinski definition) is 6. The van der Waals surface area contributed by atoms with Crippen LogP contribution in [0.5, 0.6) is 0 Å². The Morgan fingerprint density at radius 1 is 1.16 bits per heavy atom. The summed E-state index contributed by atoms with van der Waals surface area (Å²) in [7, 11) is 0. The first-order chi connectivity index (χ1) is 14.6. The van der Waals surface area contributed by atoms with E-state index in [0.717, 1.165) is 0 Å². The van der Waals surface area contributed by atoms with Gasteiger partial charge in [-0.25, -0.2) is 4.39 Å². The van der Waals surface area contributed by atoms with Gasteiger partial charge in [0.25, 0.3) is 0 Å². The summed E-state index contributed by atoms with van der Waals surface area (Å²) in [5.74, 6) is -0.585. The van der Waals surface area contributed by atoms with Crippen molar-refractivity contribution in [2.24, 2.45) is 11.8 Å². The number of hydrogen-bond donors (Lipinski definition) is 2. The molecule has 4 fully saturated rings. The molecule has 1 aromatic carbocycles. The molecule has 0 unspecified atom stereocenters. The molecule has 31 heavy (non-hydrogen) atoms. The lowest BCUT2D eigenvalue weighted by Crippen LogP contribution is -2.83. The first-order valence-electron chi connectivity index (χ1n) is 11.3. The molecule has 5 rings (SSSR count). The van der Waals surface area contributed by atoms with E-state index in [1.165, 1.54) is 6.07 Å². The van der Waals surface area contributed by atoms with Gasteiger partial charge in [-0.05, 0) is 46.6 Å². The van der Waals surface area contributed by atoms with E-state index in [9.17, 15) is 14.6 Å². The summed E-state index contributed by atoms with van der Waals surface area (Å²) in [4.78, 5) is 0. The topological polar surface area (TPSA) is 77.4 Å². The average Bonchev–Trinajstić information content (AvgIpc) is 3.08. The molecule has 2 saturated carbocycles. The minimum Gasteiger partial charge on any atom is -0.390 e. The molecule has 8 atom stereocenters. The number of fused-ring (bicyclic) bond motifs is 2. The van der Waals surface area contributed by atoms with Crippen LogP contribution in [0.3, 0.4) is 0 Å². The second-order valence-electron chi connectivity index (χ2n) is 10.3. The van der Waals surface area contributed by atoms with E-state index in [-0.39, 0.29) is 24.3 Å². The first-order valence-corrected chi connectivity index (χ1v) is 11.3. The molecule has 172 valence electrons. The molecule has 0 radical (unpaired) electrons. The van der Waals surface area contributed by atoms with Crippen LogP contribution in [0.2, 0.25) is 0 Å². The number of rotatable bonds is 5. The van der Waals surface area contributed by atoms with Crippen molar-refractivity contribution in [1.29, 1.82) is 0 Å². The lowest BCUT2D eigenvalue weighted by atomic mass is 9.51. The smallest absolute Gasteiger partial charge is 0.157 e. The Labute approximate surface area is 182 Å². The molecule has 1 aromatic rings. The van der Waals surface area contributed by atoms with Crippen molar-refractivity contribution in [3.05, 3.63) is 35.6 Å². The molecular formula is C24H33FO6. The van der Waals surface area contributed by atoms with Crippen molar-refractivity contribution in [1.82, 2.24) is 0 Å². The van der Waals surface area contributed by atoms with Gasteiger partial charge < -0.3 is 29.2 Å². The molecule has 4 bridgehead atoms. The standard InChI is InChI=1S/C24H33FO6/c1-5-28-19-15-11-22(4,27)24-20(29-12-14-8-6-7-9-17(14)25)16(21(2,3)31-24)10-18(26)23(19,24)30-13-15/h6-9,15-16,18-20,26-27H,5,10-13H2,1-4H3/t15-,16-,18+,19-,20+,22+,23+,24+/m1/s1. The Morgan fingerprint density at radius 3 is 2.61 bits per heavy atom. The van der Waals surface area contributed by atoms with Crippen LogP contribution in [0, 0.1) is 17.7 Å². The molecule has 4 aliphatic rings. The molecule has 2 aliphatic heterocycles. The minimum absolute atomic E-state index is 0.0417. The fourth-order valence-corrected chi connectivity index (χ4v) is 7.07. The van der Waals surface area contributed by atoms with Crippen LogP contribution in [-0.4, -0.2) is 64.1 Å². The third-order valence-electron chi connectivity index (χ3n) is 8.21. The second kappa shape index (κ2) is 6.95. The van der Waals surface area contributed by atoms with Crippen molar-refractivity contribution in [3.8, 4) is 0 Å². The molecule has 2 saturated heterocycles. The van der Waals surface area contributed by atoms with Gasteiger partial charge in [-0.3, -0.25) is 0 Å². The lowest BCUT2D eigenvalue weighted by molar-refractivity contribution is -0.351. The third-order valence-corrected chi connectivity index (χ3v) is 8.21. The molecule has 0 amide bonds. The highest BCUT2D eigenvalue weighted by Crippen LogP contribution is 2.68. The van der Waals surface area contributed by atoms with Crippen LogP contribution in [0.4, 0.5) is 4.39 Å². The maximum absolute atomic E-state index is 14.3. The molecule has 2 spiro atoms. The van der Waals surface area contributed by atoms with Gasteiger partial charge >= 0.3 is 0 Å². The summed E-state index contributed by atoms with van der Waals surface area (Å²) in [5.41, 5.74) is -4.15. The Kier molecular flexibility index (Phi) is 4.88. The van der Waals surface area contributed by atoms with E-state index in [2.05, 4.69) is 0 Å². The molecule has 2 heterocycles. The molecule has 7 heteroatoms. The van der Waals surface area contributed by atoms with E-state index in [1.54, 1.807) is 25.1 Å². The van der Waals surface area contributed by atoms with Gasteiger partial charge in [-0.15, -0.1) is 0 Å². The lowest BCUT2D eigenvalue weighted by Gasteiger charge is -2.62. The van der Waals surface area contributed by atoms with E-state index in [4.69, 9.17) is 18.9 Å². The largest absolute Gasteiger partial charge is 0.390 e. The molecule has 2 aliphatic carbocycles. The number of benzene rings is 1. The Balaban J connectivity index is 1.62. The number of halogens is 1. The molecular weight excluding hydrogens is 403 g/mol. The average molecular weight is 437 g/mol. The summed E-state index contributed by atoms with van der Waals surface area (Å²) in [6.07, 6.45) is -1.08. The van der Waals surface area contributed by atoms with Gasteiger partial charge in [-0.2, -0.15) is 0 Å². The first kappa shape index (κ1) is 21.7. The van der Waals surface area contributed by atoms with Gasteiger partial charge in [0.1, 0.15) is 5.82 Å². The van der Waals surface area contributed by atoms with Crippen LogP contribution in [0.1, 0.15) is 46.1 Å². The van der Waals surface area contributed by atoms with Crippen molar-refractivity contribution >= 4 is 0 Å². The number of aliphatic hydroxyl groups excluding tert-OH is 1. The van der Waals surface area contributed by atoms with Gasteiger partial charge in [0, 0.05) is 24.0 Å². The van der Waals surface area contributed by atoms with Crippen LogP contribution >= 0.6 is 0 Å². The monoisotopic (exact) mass is 436 g/mol. The van der Waals surface area contributed by atoms with Crippen LogP contribution in [0.25, 0.3) is 0 Å². The summed E-state index contributed by atoms with van der Waals surface area (Å²) in [6, 6.07) is 6.52. The highest BCUT2D eigenvalue weighted by atomic mass is 19.1. The fraction of sp³-hybridized carbons (Fsp3) is 0.750. The fourth-order valence-electron chi connectivity index (χ4n) is 7.07. The van der Waals surface area contributed by atoms with Crippen molar-refractivity contribution in [3.63, 3.8) is 0 Å². The number of aliphatic hydroxyl groups is 2. The predicted molar refractivity (Wildman–Crippen MR) is 110 cm³/mol. The van der Waals surface area contributed by atoms with E-state index >= 15 is 0 Å². The summed E-state index contributed by atoms with van der Waals surface area (Å²) in [5, 5.41) is 23.3. The molecule has 0 aromatic heterocycles. The quantitative estimate of drug-likeness (QED) is 0.739. The predicted octanol–water partition coefficient (Wildman–Crippen LogP) is 2.58. The van der Waals surface area contributed by atoms with Gasteiger partial charge in [-0.1, -0.05) is 18.2 Å². The zero-order chi connectivity index (χ0) is 22.2. The van der Waals surface area contributed by atoms with Gasteiger partial charge in [0.2, 0.25) is 0 Å². The minimum atomic E-state index is -1.34. The Morgan fingerprint density at radius 2 is 1.90 bits per heavy atom. The van der Waals surface area contributed by atoms with Crippen LogP contribution < -0.4 is 0 Å². The zero-order valence-corrected chi connectivity index (χ0v) is 18.6. The zero-order valence-electron chi connectivity index (χ0n) is 18.6. The van der Waals surface area contributed by atoms with E-state index in [0.29, 0.717) is 31.6 Å². The summed E-state index contributed by atoms with van der Waals surface area (Å²) < 4.78 is 40.0. The second-order valence-corrected chi connectivity index (χ2v) is 10.3. The molecule has 6 nitrogen and oxygen atoms in total. The van der Waals surface area contributed by atoms with E-state index in [1.807, 2.05) is 20.8 Å². The van der Waals surface area contributed by atoms with Crippen LogP contribution in [-0.2, 0) is 25.6 Å². The maximum Gasteiger partial charge on any atom is 0.157 e. The van der Waals surface area contributed by atoms with Gasteiger partial charge in [0.05, 0.1) is 42.7 Å². The van der Waals surface area contributed by atoms with E-state index < -0.39 is 40.7 Å². The normalized spacial score (nSPS) is 47.4. The highest BCUT2D eigenvalue weighted by Gasteiger charge is 2.86. The van der Waals surface area contributed by atoms with Gasteiger partial charge in [0.15, 0.2) is 11.2 Å². The van der Waals surface area contributed by atoms with Crippen LogP contribution in [0.15, 0.2) is 24.3 Å². The summed E-state index contributed by atoms with van der Waals surface area (Å²) >= 11 is 0. The maximum atomic E-state index is 14.3. The van der Waals surface area contributed by atoms with Crippen molar-refractivity contribution in [2.75, 3.05) is 13.2 Å². The highest BCUT2D eigenvalue weighted by molar-refractivity contribution is 5.35. The number of ether oxygens (including phenoxy) is 4. The summed E-state index contributed by atoms with van der Waals surface area (Å²) in [6.45, 7) is 8.48. The Bertz CT molecular complexity index is 858.